The summed E-state index contributed by atoms with van der Waals surface area (Å²) >= 11 is 1.16. The number of thiazole rings is 1. The minimum Gasteiger partial charge on any atom is -0.496 e. The third-order valence-electron chi connectivity index (χ3n) is 3.54. The van der Waals surface area contributed by atoms with E-state index < -0.39 is 0 Å². The Labute approximate surface area is 147 Å². The predicted octanol–water partition coefficient (Wildman–Crippen LogP) is 2.14. The zero-order valence-electron chi connectivity index (χ0n) is 13.7. The average molecular weight is 356 g/mol. The van der Waals surface area contributed by atoms with Gasteiger partial charge in [-0.3, -0.25) is 14.6 Å². The van der Waals surface area contributed by atoms with E-state index in [0.717, 1.165) is 16.9 Å². The van der Waals surface area contributed by atoms with Crippen LogP contribution in [0.5, 0.6) is 5.75 Å². The fourth-order valence-corrected chi connectivity index (χ4v) is 3.34. The topological polar surface area (TPSA) is 97.0 Å². The highest BCUT2D eigenvalue weighted by Crippen LogP contribution is 2.31. The molecule has 0 aliphatic rings. The molecule has 0 saturated heterocycles. The Hall–Kier alpha value is -3.00. The van der Waals surface area contributed by atoms with Gasteiger partial charge in [0.15, 0.2) is 0 Å². The summed E-state index contributed by atoms with van der Waals surface area (Å²) in [6, 6.07) is 5.34. The van der Waals surface area contributed by atoms with Crippen LogP contribution in [0.25, 0.3) is 10.6 Å². The highest BCUT2D eigenvalue weighted by molar-refractivity contribution is 7.17. The van der Waals surface area contributed by atoms with E-state index in [1.54, 1.807) is 25.4 Å². The largest absolute Gasteiger partial charge is 0.496 e. The van der Waals surface area contributed by atoms with Crippen LogP contribution in [0.4, 0.5) is 0 Å². The van der Waals surface area contributed by atoms with E-state index in [0.29, 0.717) is 33.4 Å². The number of aromatic nitrogens is 3. The highest BCUT2D eigenvalue weighted by Gasteiger charge is 2.20. The normalized spacial score (nSPS) is 10.5. The van der Waals surface area contributed by atoms with Gasteiger partial charge in [0.2, 0.25) is 0 Å². The molecular formula is C17H16N4O3S. The molecule has 3 aromatic heterocycles. The number of methoxy groups -OCH3 is 1. The molecule has 0 spiro atoms. The molecule has 25 heavy (non-hydrogen) atoms. The lowest BCUT2D eigenvalue weighted by Gasteiger charge is -2.04. The van der Waals surface area contributed by atoms with E-state index in [1.807, 2.05) is 12.1 Å². The first-order valence-electron chi connectivity index (χ1n) is 7.50. The molecule has 0 atom stereocenters. The van der Waals surface area contributed by atoms with Gasteiger partial charge >= 0.3 is 0 Å². The molecule has 128 valence electrons. The number of pyridine rings is 2. The van der Waals surface area contributed by atoms with Crippen molar-refractivity contribution < 1.29 is 9.53 Å². The lowest BCUT2D eigenvalue weighted by atomic mass is 10.2. The Bertz CT molecular complexity index is 950. The number of amides is 1. The van der Waals surface area contributed by atoms with Crippen LogP contribution in [0, 0.1) is 6.92 Å². The molecule has 0 bridgehead atoms. The first-order valence-corrected chi connectivity index (χ1v) is 8.32. The quantitative estimate of drug-likeness (QED) is 0.730. The second-order valence-corrected chi connectivity index (χ2v) is 6.23. The number of nitrogens with one attached hydrogen (secondary N) is 2. The van der Waals surface area contributed by atoms with E-state index in [9.17, 15) is 9.59 Å². The summed E-state index contributed by atoms with van der Waals surface area (Å²) in [5.74, 6) is 0.177. The van der Waals surface area contributed by atoms with Gasteiger partial charge in [-0.2, -0.15) is 0 Å². The molecular weight excluding hydrogens is 340 g/mol. The number of hydrogen-bond donors (Lipinski definition) is 2. The van der Waals surface area contributed by atoms with Crippen LogP contribution in [0.1, 0.15) is 20.9 Å². The monoisotopic (exact) mass is 356 g/mol. The Morgan fingerprint density at radius 2 is 2.24 bits per heavy atom. The molecule has 0 unspecified atom stereocenters. The van der Waals surface area contributed by atoms with Crippen LogP contribution >= 0.6 is 11.3 Å². The van der Waals surface area contributed by atoms with Crippen molar-refractivity contribution >= 4 is 17.2 Å². The van der Waals surface area contributed by atoms with Gasteiger partial charge in [-0.25, -0.2) is 4.98 Å². The number of ether oxygens (including phenoxy) is 1. The van der Waals surface area contributed by atoms with Crippen molar-refractivity contribution in [2.75, 3.05) is 7.11 Å². The van der Waals surface area contributed by atoms with Gasteiger partial charge in [-0.15, -0.1) is 11.3 Å². The summed E-state index contributed by atoms with van der Waals surface area (Å²) in [6.45, 7) is 2.11. The predicted molar refractivity (Wildman–Crippen MR) is 94.9 cm³/mol. The van der Waals surface area contributed by atoms with Gasteiger partial charge in [0.1, 0.15) is 21.2 Å². The Morgan fingerprint density at radius 3 is 2.96 bits per heavy atom. The van der Waals surface area contributed by atoms with Crippen LogP contribution < -0.4 is 15.6 Å². The zero-order chi connectivity index (χ0) is 17.8. The van der Waals surface area contributed by atoms with Crippen LogP contribution in [0.2, 0.25) is 0 Å². The summed E-state index contributed by atoms with van der Waals surface area (Å²) in [5, 5.41) is 3.29. The number of aromatic amines is 1. The molecule has 0 saturated carbocycles. The van der Waals surface area contributed by atoms with E-state index >= 15 is 0 Å². The van der Waals surface area contributed by atoms with Gasteiger partial charge < -0.3 is 15.0 Å². The Kier molecular flexibility index (Phi) is 4.90. The molecule has 2 N–H and O–H groups in total. The smallest absolute Gasteiger partial charge is 0.263 e. The number of hydrogen-bond acceptors (Lipinski definition) is 6. The third kappa shape index (κ3) is 3.58. The van der Waals surface area contributed by atoms with Crippen LogP contribution in [0.15, 0.2) is 41.6 Å². The maximum atomic E-state index is 12.4. The van der Waals surface area contributed by atoms with E-state index in [2.05, 4.69) is 20.3 Å². The fourth-order valence-electron chi connectivity index (χ4n) is 2.31. The summed E-state index contributed by atoms with van der Waals surface area (Å²) < 4.78 is 5.23. The van der Waals surface area contributed by atoms with Crippen molar-refractivity contribution in [1.29, 1.82) is 0 Å². The molecule has 0 aliphatic heterocycles. The lowest BCUT2D eigenvalue weighted by molar-refractivity contribution is 0.0954. The zero-order valence-corrected chi connectivity index (χ0v) is 14.5. The molecule has 0 radical (unpaired) electrons. The maximum absolute atomic E-state index is 12.4. The number of H-pyrrole nitrogens is 1. The number of carbonyl (C=O) groups excluding carboxylic acids is 1. The molecule has 0 fully saturated rings. The summed E-state index contributed by atoms with van der Waals surface area (Å²) in [4.78, 5) is 36.0. The van der Waals surface area contributed by atoms with Crippen LogP contribution in [-0.2, 0) is 6.54 Å². The average Bonchev–Trinajstić information content (AvgIpc) is 3.01. The van der Waals surface area contributed by atoms with Gasteiger partial charge in [-0.1, -0.05) is 6.07 Å². The Balaban J connectivity index is 1.86. The SMILES string of the molecule is COc1cc[nH]c(=O)c1-c1nc(C)c(C(=O)NCc2cccnc2)s1. The summed E-state index contributed by atoms with van der Waals surface area (Å²) in [7, 11) is 1.49. The maximum Gasteiger partial charge on any atom is 0.263 e. The standard InChI is InChI=1S/C17H16N4O3S/c1-10-14(16(23)20-9-11-4-3-6-18-8-11)25-17(21-10)13-12(24-2)5-7-19-15(13)22/h3-8H,9H2,1-2H3,(H,19,22)(H,20,23). The van der Waals surface area contributed by atoms with E-state index in [4.69, 9.17) is 4.74 Å². The molecule has 3 heterocycles. The molecule has 3 aromatic rings. The van der Waals surface area contributed by atoms with Gasteiger partial charge in [-0.05, 0) is 24.6 Å². The molecule has 0 aromatic carbocycles. The molecule has 8 heteroatoms. The number of nitrogens with zero attached hydrogens (tertiary/aromatic N) is 2. The van der Waals surface area contributed by atoms with E-state index in [1.165, 1.54) is 13.3 Å². The minimum absolute atomic E-state index is 0.239. The summed E-state index contributed by atoms with van der Waals surface area (Å²) in [5.41, 5.74) is 1.48. The van der Waals surface area contributed by atoms with Gasteiger partial charge in [0, 0.05) is 25.1 Å². The summed E-state index contributed by atoms with van der Waals surface area (Å²) in [6.07, 6.45) is 4.88. The van der Waals surface area contributed by atoms with Crippen LogP contribution in [-0.4, -0.2) is 28.0 Å². The van der Waals surface area contributed by atoms with Crippen molar-refractivity contribution in [3.63, 3.8) is 0 Å². The number of rotatable bonds is 5. The number of aryl methyl sites for hydroxylation is 1. The van der Waals surface area contributed by atoms with Gasteiger partial charge in [0.25, 0.3) is 11.5 Å². The van der Waals surface area contributed by atoms with E-state index in [-0.39, 0.29) is 11.5 Å². The van der Waals surface area contributed by atoms with Crippen LogP contribution in [0.3, 0.4) is 0 Å². The van der Waals surface area contributed by atoms with Crippen molar-refractivity contribution in [1.82, 2.24) is 20.3 Å². The second-order valence-electron chi connectivity index (χ2n) is 5.23. The van der Waals surface area contributed by atoms with Crippen molar-refractivity contribution in [2.45, 2.75) is 13.5 Å². The van der Waals surface area contributed by atoms with Crippen molar-refractivity contribution in [3.05, 3.63) is 63.3 Å². The minimum atomic E-state index is -0.310. The first kappa shape index (κ1) is 16.8. The number of carbonyl (C=O) groups is 1. The van der Waals surface area contributed by atoms with Crippen molar-refractivity contribution in [3.8, 4) is 16.3 Å². The van der Waals surface area contributed by atoms with Gasteiger partial charge in [0.05, 0.1) is 12.8 Å². The molecule has 7 nitrogen and oxygen atoms in total. The first-order chi connectivity index (χ1) is 12.1. The highest BCUT2D eigenvalue weighted by atomic mass is 32.1. The lowest BCUT2D eigenvalue weighted by Crippen LogP contribution is -2.22. The third-order valence-corrected chi connectivity index (χ3v) is 4.71. The second kappa shape index (κ2) is 7.27. The fraction of sp³-hybridized carbons (Fsp3) is 0.176. The van der Waals surface area contributed by atoms with Crippen molar-refractivity contribution in [2.24, 2.45) is 0 Å². The molecule has 3 rings (SSSR count). The molecule has 1 amide bonds. The Morgan fingerprint density at radius 1 is 1.40 bits per heavy atom. The molecule has 0 aliphatic carbocycles.